The summed E-state index contributed by atoms with van der Waals surface area (Å²) in [5.74, 6) is -0.907. The van der Waals surface area contributed by atoms with Gasteiger partial charge in [0.05, 0.1) is 0 Å². The van der Waals surface area contributed by atoms with Crippen LogP contribution in [0.1, 0.15) is 55.3 Å². The van der Waals surface area contributed by atoms with Gasteiger partial charge in [-0.1, -0.05) is 37.5 Å². The molecule has 1 heterocycles. The van der Waals surface area contributed by atoms with Gasteiger partial charge in [-0.3, -0.25) is 10.1 Å². The number of benzene rings is 1. The van der Waals surface area contributed by atoms with E-state index < -0.39 is 24.0 Å². The summed E-state index contributed by atoms with van der Waals surface area (Å²) in [4.78, 5) is 40.7. The Morgan fingerprint density at radius 1 is 1.14 bits per heavy atom. The van der Waals surface area contributed by atoms with Crippen molar-refractivity contribution in [3.63, 3.8) is 0 Å². The summed E-state index contributed by atoms with van der Waals surface area (Å²) >= 11 is 0. The Hall–Kier alpha value is -3.16. The fraction of sp³-hybridized carbons (Fsp3) is 0.429. The molecule has 0 radical (unpaired) electrons. The summed E-state index contributed by atoms with van der Waals surface area (Å²) in [6, 6.07) is 8.63. The number of carbonyl (C=O) groups excluding carboxylic acids is 3. The van der Waals surface area contributed by atoms with Crippen molar-refractivity contribution in [1.29, 1.82) is 0 Å². The van der Waals surface area contributed by atoms with Crippen molar-refractivity contribution < 1.29 is 23.5 Å². The number of ether oxygens (including phenoxy) is 1. The van der Waals surface area contributed by atoms with Gasteiger partial charge in [-0.15, -0.1) is 0 Å². The number of nitrogens with zero attached hydrogens (tertiary/aromatic N) is 1. The zero-order chi connectivity index (χ0) is 20.8. The number of aromatic nitrogens is 1. The number of aryl methyl sites for hydroxylation is 1. The van der Waals surface area contributed by atoms with E-state index in [0.717, 1.165) is 31.2 Å². The maximum atomic E-state index is 12.4. The quantitative estimate of drug-likeness (QED) is 0.746. The van der Waals surface area contributed by atoms with E-state index >= 15 is 0 Å². The number of urea groups is 1. The van der Waals surface area contributed by atoms with Crippen LogP contribution in [0.15, 0.2) is 34.7 Å². The van der Waals surface area contributed by atoms with Crippen molar-refractivity contribution in [3.05, 3.63) is 41.8 Å². The summed E-state index contributed by atoms with van der Waals surface area (Å²) < 4.78 is 10.7. The van der Waals surface area contributed by atoms with Crippen LogP contribution in [-0.4, -0.2) is 35.0 Å². The van der Waals surface area contributed by atoms with E-state index in [1.165, 1.54) is 13.3 Å². The molecule has 1 aliphatic carbocycles. The van der Waals surface area contributed by atoms with Crippen LogP contribution in [0.25, 0.3) is 11.5 Å². The number of hydrogen-bond acceptors (Lipinski definition) is 6. The van der Waals surface area contributed by atoms with Crippen molar-refractivity contribution in [1.82, 2.24) is 15.6 Å². The molecule has 1 saturated carbocycles. The molecule has 8 heteroatoms. The van der Waals surface area contributed by atoms with Crippen molar-refractivity contribution in [2.24, 2.45) is 0 Å². The number of oxazole rings is 1. The van der Waals surface area contributed by atoms with E-state index in [1.807, 2.05) is 18.2 Å². The first-order valence-electron chi connectivity index (χ1n) is 9.79. The zero-order valence-electron chi connectivity index (χ0n) is 16.6. The Balaban J connectivity index is 1.55. The smallest absolute Gasteiger partial charge is 0.361 e. The van der Waals surface area contributed by atoms with Crippen LogP contribution < -0.4 is 10.6 Å². The third kappa shape index (κ3) is 5.43. The van der Waals surface area contributed by atoms with Gasteiger partial charge in [-0.2, -0.15) is 0 Å². The second-order valence-electron chi connectivity index (χ2n) is 7.14. The molecule has 2 aromatic rings. The fourth-order valence-electron chi connectivity index (χ4n) is 3.24. The highest BCUT2D eigenvalue weighted by atomic mass is 16.5. The molecule has 154 valence electrons. The van der Waals surface area contributed by atoms with E-state index in [9.17, 15) is 14.4 Å². The minimum Gasteiger partial charge on any atom is -0.448 e. The van der Waals surface area contributed by atoms with Crippen LogP contribution in [0.5, 0.6) is 0 Å². The molecular weight excluding hydrogens is 374 g/mol. The molecule has 1 fully saturated rings. The third-order valence-electron chi connectivity index (χ3n) is 4.84. The molecule has 1 aromatic heterocycles. The summed E-state index contributed by atoms with van der Waals surface area (Å²) in [6.45, 7) is 2.99. The third-order valence-corrected chi connectivity index (χ3v) is 4.84. The maximum Gasteiger partial charge on any atom is 0.361 e. The van der Waals surface area contributed by atoms with Crippen molar-refractivity contribution in [2.45, 2.75) is 58.1 Å². The van der Waals surface area contributed by atoms with Crippen LogP contribution >= 0.6 is 0 Å². The van der Waals surface area contributed by atoms with Gasteiger partial charge in [0, 0.05) is 11.6 Å². The minimum atomic E-state index is -1.16. The monoisotopic (exact) mass is 399 g/mol. The van der Waals surface area contributed by atoms with Gasteiger partial charge in [0.15, 0.2) is 11.8 Å². The van der Waals surface area contributed by atoms with Gasteiger partial charge in [-0.05, 0) is 38.8 Å². The molecule has 29 heavy (non-hydrogen) atoms. The van der Waals surface area contributed by atoms with Gasteiger partial charge >= 0.3 is 12.0 Å². The van der Waals surface area contributed by atoms with Crippen LogP contribution in [-0.2, 0) is 9.53 Å². The first kappa shape index (κ1) is 20.6. The highest BCUT2D eigenvalue weighted by Crippen LogP contribution is 2.22. The predicted molar refractivity (Wildman–Crippen MR) is 105 cm³/mol. The Morgan fingerprint density at radius 3 is 2.52 bits per heavy atom. The largest absolute Gasteiger partial charge is 0.448 e. The first-order valence-corrected chi connectivity index (χ1v) is 9.79. The number of nitrogens with one attached hydrogen (secondary N) is 2. The number of amides is 3. The lowest BCUT2D eigenvalue weighted by atomic mass is 9.96. The van der Waals surface area contributed by atoms with Gasteiger partial charge in [0.1, 0.15) is 5.76 Å². The maximum absolute atomic E-state index is 12.4. The van der Waals surface area contributed by atoms with E-state index in [1.54, 1.807) is 19.1 Å². The Morgan fingerprint density at radius 2 is 1.83 bits per heavy atom. The summed E-state index contributed by atoms with van der Waals surface area (Å²) in [6.07, 6.45) is 3.95. The van der Waals surface area contributed by atoms with Crippen LogP contribution in [0, 0.1) is 6.92 Å². The van der Waals surface area contributed by atoms with Crippen molar-refractivity contribution in [3.8, 4) is 11.5 Å². The molecule has 1 atom stereocenters. The molecule has 0 spiro atoms. The highest BCUT2D eigenvalue weighted by Gasteiger charge is 2.26. The number of rotatable bonds is 5. The summed E-state index contributed by atoms with van der Waals surface area (Å²) in [5.41, 5.74) is 0.718. The molecular formula is C21H25N3O5. The second kappa shape index (κ2) is 9.36. The topological polar surface area (TPSA) is 111 Å². The lowest BCUT2D eigenvalue weighted by molar-refractivity contribution is -0.127. The summed E-state index contributed by atoms with van der Waals surface area (Å²) in [7, 11) is 0. The fourth-order valence-corrected chi connectivity index (χ4v) is 3.24. The van der Waals surface area contributed by atoms with E-state index in [0.29, 0.717) is 5.89 Å². The Kier molecular flexibility index (Phi) is 6.64. The van der Waals surface area contributed by atoms with Gasteiger partial charge in [0.25, 0.3) is 5.91 Å². The molecule has 0 aliphatic heterocycles. The first-order chi connectivity index (χ1) is 13.9. The molecule has 3 rings (SSSR count). The Bertz CT molecular complexity index is 872. The molecule has 0 saturated heterocycles. The van der Waals surface area contributed by atoms with Gasteiger partial charge < -0.3 is 14.5 Å². The lowest BCUT2D eigenvalue weighted by Crippen LogP contribution is -2.48. The SMILES string of the molecule is Cc1oc(-c2ccccc2)nc1C(=O)O[C@H](C)C(=O)NC(=O)NC1CCCCC1. The summed E-state index contributed by atoms with van der Waals surface area (Å²) in [5, 5.41) is 5.00. The van der Waals surface area contributed by atoms with Crippen LogP contribution in [0.2, 0.25) is 0 Å². The van der Waals surface area contributed by atoms with Crippen LogP contribution in [0.3, 0.4) is 0 Å². The molecule has 8 nitrogen and oxygen atoms in total. The van der Waals surface area contributed by atoms with Crippen molar-refractivity contribution in [2.75, 3.05) is 0 Å². The number of esters is 1. The van der Waals surface area contributed by atoms with E-state index in [2.05, 4.69) is 15.6 Å². The molecule has 2 N–H and O–H groups in total. The van der Waals surface area contributed by atoms with E-state index in [4.69, 9.17) is 9.15 Å². The molecule has 0 unspecified atom stereocenters. The molecule has 0 bridgehead atoms. The predicted octanol–water partition coefficient (Wildman–Crippen LogP) is 3.35. The second-order valence-corrected chi connectivity index (χ2v) is 7.14. The number of imide groups is 1. The highest BCUT2D eigenvalue weighted by molar-refractivity contribution is 5.98. The van der Waals surface area contributed by atoms with E-state index in [-0.39, 0.29) is 17.5 Å². The van der Waals surface area contributed by atoms with Crippen molar-refractivity contribution >= 4 is 17.9 Å². The normalized spacial score (nSPS) is 15.4. The standard InChI is InChI=1S/C21H25N3O5/c1-13-17(23-19(28-13)15-9-5-3-6-10-15)20(26)29-14(2)18(25)24-21(27)22-16-11-7-4-8-12-16/h3,5-6,9-10,14,16H,4,7-8,11-12H2,1-2H3,(H2,22,24,25,27)/t14-/m1/s1. The molecule has 1 aliphatic rings. The molecule has 1 aromatic carbocycles. The number of hydrogen-bond donors (Lipinski definition) is 2. The lowest BCUT2D eigenvalue weighted by Gasteiger charge is -2.23. The Labute approximate surface area is 169 Å². The minimum absolute atomic E-state index is 0.00448. The average Bonchev–Trinajstić information content (AvgIpc) is 3.11. The van der Waals surface area contributed by atoms with Crippen LogP contribution in [0.4, 0.5) is 4.79 Å². The molecule has 3 amide bonds. The zero-order valence-corrected chi connectivity index (χ0v) is 16.6. The van der Waals surface area contributed by atoms with Gasteiger partial charge in [0.2, 0.25) is 5.89 Å². The average molecular weight is 399 g/mol. The number of carbonyl (C=O) groups is 3. The van der Waals surface area contributed by atoms with Gasteiger partial charge in [-0.25, -0.2) is 14.6 Å².